The monoisotopic (exact) mass is 286 g/mol. The zero-order chi connectivity index (χ0) is 15.1. The third-order valence-electron chi connectivity index (χ3n) is 3.05. The van der Waals surface area contributed by atoms with E-state index in [9.17, 15) is 9.90 Å². The summed E-state index contributed by atoms with van der Waals surface area (Å²) in [6, 6.07) is 13.6. The number of carbonyl (C=O) groups is 1. The first-order valence-corrected chi connectivity index (χ1v) is 6.84. The van der Waals surface area contributed by atoms with Gasteiger partial charge >= 0.3 is 0 Å². The summed E-state index contributed by atoms with van der Waals surface area (Å²) in [7, 11) is 0. The van der Waals surface area contributed by atoms with E-state index in [0.29, 0.717) is 25.0 Å². The van der Waals surface area contributed by atoms with Gasteiger partial charge in [-0.15, -0.1) is 0 Å². The number of ether oxygens (including phenoxy) is 1. The molecule has 4 nitrogen and oxygen atoms in total. The summed E-state index contributed by atoms with van der Waals surface area (Å²) in [5.41, 5.74) is 1.48. The molecule has 0 spiro atoms. The first kappa shape index (κ1) is 15.1. The maximum Gasteiger partial charge on any atom is 0.167 e. The van der Waals surface area contributed by atoms with Crippen LogP contribution in [0.4, 0.5) is 0 Å². The Labute approximate surface area is 123 Å². The Morgan fingerprint density at radius 1 is 1.00 bits per heavy atom. The number of rotatable bonds is 7. The predicted octanol–water partition coefficient (Wildman–Crippen LogP) is 2.58. The van der Waals surface area contributed by atoms with Gasteiger partial charge < -0.3 is 14.9 Å². The fourth-order valence-corrected chi connectivity index (χ4v) is 1.89. The van der Waals surface area contributed by atoms with E-state index in [-0.39, 0.29) is 18.1 Å². The largest absolute Gasteiger partial charge is 0.508 e. The molecule has 2 rings (SSSR count). The third-order valence-corrected chi connectivity index (χ3v) is 3.05. The van der Waals surface area contributed by atoms with Crippen LogP contribution in [0.15, 0.2) is 48.5 Å². The van der Waals surface area contributed by atoms with Crippen LogP contribution in [0.3, 0.4) is 0 Å². The lowest BCUT2D eigenvalue weighted by atomic mass is 10.0. The van der Waals surface area contributed by atoms with Gasteiger partial charge in [0.05, 0.1) is 6.61 Å². The number of aromatic hydroxyl groups is 1. The second-order valence-electron chi connectivity index (χ2n) is 4.72. The van der Waals surface area contributed by atoms with Crippen LogP contribution >= 0.6 is 0 Å². The Hall–Kier alpha value is -2.33. The molecule has 0 aliphatic heterocycles. The van der Waals surface area contributed by atoms with Crippen molar-refractivity contribution < 1.29 is 19.7 Å². The molecule has 0 radical (unpaired) electrons. The van der Waals surface area contributed by atoms with E-state index < -0.39 is 0 Å². The maximum atomic E-state index is 12.1. The van der Waals surface area contributed by atoms with Crippen molar-refractivity contribution in [3.8, 4) is 11.5 Å². The molecule has 0 atom stereocenters. The summed E-state index contributed by atoms with van der Waals surface area (Å²) < 4.78 is 5.43. The Bertz CT molecular complexity index is 573. The first-order valence-electron chi connectivity index (χ1n) is 6.84. The van der Waals surface area contributed by atoms with Crippen molar-refractivity contribution in [2.45, 2.75) is 12.8 Å². The molecule has 110 valence electrons. The second-order valence-corrected chi connectivity index (χ2v) is 4.72. The molecule has 2 N–H and O–H groups in total. The molecular weight excluding hydrogens is 268 g/mol. The summed E-state index contributed by atoms with van der Waals surface area (Å²) in [6.45, 7) is 0.585. The quantitative estimate of drug-likeness (QED) is 0.606. The molecule has 0 heterocycles. The van der Waals surface area contributed by atoms with Gasteiger partial charge in [-0.3, -0.25) is 4.79 Å². The van der Waals surface area contributed by atoms with Crippen molar-refractivity contribution in [3.05, 3.63) is 59.7 Å². The minimum atomic E-state index is 0.00366. The Morgan fingerprint density at radius 2 is 1.67 bits per heavy atom. The summed E-state index contributed by atoms with van der Waals surface area (Å²) in [4.78, 5) is 12.1. The van der Waals surface area contributed by atoms with Crippen LogP contribution in [-0.2, 0) is 6.42 Å². The van der Waals surface area contributed by atoms with Gasteiger partial charge in [0.15, 0.2) is 5.78 Å². The standard InChI is InChI=1S/C17H18O4/c18-10-1-11-21-16-8-2-13(3-9-16)12-17(20)14-4-6-15(19)7-5-14/h2-9,18-19H,1,10-12H2. The van der Waals surface area contributed by atoms with Crippen molar-refractivity contribution >= 4 is 5.78 Å². The lowest BCUT2D eigenvalue weighted by Crippen LogP contribution is -2.03. The number of aliphatic hydroxyl groups excluding tert-OH is 1. The van der Waals surface area contributed by atoms with E-state index in [1.807, 2.05) is 24.3 Å². The van der Waals surface area contributed by atoms with E-state index in [2.05, 4.69) is 0 Å². The molecule has 0 bridgehead atoms. The minimum Gasteiger partial charge on any atom is -0.508 e. The molecule has 0 aliphatic rings. The number of aliphatic hydroxyl groups is 1. The third kappa shape index (κ3) is 4.61. The lowest BCUT2D eigenvalue weighted by molar-refractivity contribution is 0.0993. The molecule has 0 aromatic heterocycles. The molecule has 0 saturated carbocycles. The molecule has 0 saturated heterocycles. The van der Waals surface area contributed by atoms with Crippen LogP contribution in [0, 0.1) is 0 Å². The second kappa shape index (κ2) is 7.45. The molecule has 21 heavy (non-hydrogen) atoms. The van der Waals surface area contributed by atoms with Crippen molar-refractivity contribution in [2.75, 3.05) is 13.2 Å². The van der Waals surface area contributed by atoms with Gasteiger partial charge in [-0.2, -0.15) is 0 Å². The summed E-state index contributed by atoms with van der Waals surface area (Å²) in [5, 5.41) is 17.9. The van der Waals surface area contributed by atoms with Crippen molar-refractivity contribution in [1.29, 1.82) is 0 Å². The number of hydrogen-bond acceptors (Lipinski definition) is 4. The number of phenols is 1. The number of Topliss-reactive ketones (excluding diaryl/α,β-unsaturated/α-hetero) is 1. The van der Waals surface area contributed by atoms with E-state index >= 15 is 0 Å². The molecule has 2 aromatic rings. The van der Waals surface area contributed by atoms with Gasteiger partial charge in [0, 0.05) is 25.0 Å². The van der Waals surface area contributed by atoms with Crippen LogP contribution in [0.5, 0.6) is 11.5 Å². The lowest BCUT2D eigenvalue weighted by Gasteiger charge is -2.06. The normalized spacial score (nSPS) is 10.3. The molecular formula is C17H18O4. The minimum absolute atomic E-state index is 0.00366. The highest BCUT2D eigenvalue weighted by atomic mass is 16.5. The van der Waals surface area contributed by atoms with E-state index in [1.165, 1.54) is 12.1 Å². The Morgan fingerprint density at radius 3 is 2.29 bits per heavy atom. The van der Waals surface area contributed by atoms with Gasteiger partial charge in [-0.1, -0.05) is 12.1 Å². The molecule has 0 amide bonds. The van der Waals surface area contributed by atoms with Crippen LogP contribution in [0.25, 0.3) is 0 Å². The van der Waals surface area contributed by atoms with Crippen molar-refractivity contribution in [1.82, 2.24) is 0 Å². The fraction of sp³-hybridized carbons (Fsp3) is 0.235. The van der Waals surface area contributed by atoms with Crippen molar-refractivity contribution in [2.24, 2.45) is 0 Å². The summed E-state index contributed by atoms with van der Waals surface area (Å²) >= 11 is 0. The Kier molecular flexibility index (Phi) is 5.35. The number of carbonyl (C=O) groups excluding carboxylic acids is 1. The zero-order valence-corrected chi connectivity index (χ0v) is 11.7. The van der Waals surface area contributed by atoms with Crippen LogP contribution < -0.4 is 4.74 Å². The van der Waals surface area contributed by atoms with Crippen LogP contribution in [0.2, 0.25) is 0 Å². The smallest absolute Gasteiger partial charge is 0.167 e. The maximum absolute atomic E-state index is 12.1. The number of benzene rings is 2. The molecule has 0 aliphatic carbocycles. The highest BCUT2D eigenvalue weighted by Crippen LogP contribution is 2.16. The first-order chi connectivity index (χ1) is 10.2. The number of phenolic OH excluding ortho intramolecular Hbond substituents is 1. The van der Waals surface area contributed by atoms with Gasteiger partial charge in [0.1, 0.15) is 11.5 Å². The molecule has 2 aromatic carbocycles. The molecule has 0 fully saturated rings. The highest BCUT2D eigenvalue weighted by Gasteiger charge is 2.07. The SMILES string of the molecule is O=C(Cc1ccc(OCCCO)cc1)c1ccc(O)cc1. The summed E-state index contributed by atoms with van der Waals surface area (Å²) in [6.07, 6.45) is 0.906. The van der Waals surface area contributed by atoms with Crippen molar-refractivity contribution in [3.63, 3.8) is 0 Å². The van der Waals surface area contributed by atoms with Gasteiger partial charge in [0.25, 0.3) is 0 Å². The zero-order valence-electron chi connectivity index (χ0n) is 11.7. The number of hydrogen-bond donors (Lipinski definition) is 2. The van der Waals surface area contributed by atoms with E-state index in [1.54, 1.807) is 12.1 Å². The fourth-order valence-electron chi connectivity index (χ4n) is 1.89. The summed E-state index contributed by atoms with van der Waals surface area (Å²) in [5.74, 6) is 0.879. The highest BCUT2D eigenvalue weighted by molar-refractivity contribution is 5.97. The van der Waals surface area contributed by atoms with Gasteiger partial charge in [-0.05, 0) is 42.0 Å². The predicted molar refractivity (Wildman–Crippen MR) is 79.8 cm³/mol. The van der Waals surface area contributed by atoms with Crippen LogP contribution in [0.1, 0.15) is 22.3 Å². The molecule has 4 heteroatoms. The van der Waals surface area contributed by atoms with Gasteiger partial charge in [0.2, 0.25) is 0 Å². The van der Waals surface area contributed by atoms with E-state index in [4.69, 9.17) is 9.84 Å². The van der Waals surface area contributed by atoms with Gasteiger partial charge in [-0.25, -0.2) is 0 Å². The van der Waals surface area contributed by atoms with Crippen LogP contribution in [-0.4, -0.2) is 29.2 Å². The average molecular weight is 286 g/mol. The Balaban J connectivity index is 1.93. The average Bonchev–Trinajstić information content (AvgIpc) is 2.50. The van der Waals surface area contributed by atoms with E-state index in [0.717, 1.165) is 11.3 Å². The topological polar surface area (TPSA) is 66.8 Å². The number of ketones is 1. The molecule has 0 unspecified atom stereocenters.